The standard InChI is InChI=1S/C8H16O3S/c1-4-5-6-12(11)8(2,3)7(9)10/h4-6H2,1-3H3,(H,9,10). The molecular formula is C8H16O3S. The van der Waals surface area contributed by atoms with Crippen molar-refractivity contribution in [3.05, 3.63) is 0 Å². The van der Waals surface area contributed by atoms with Gasteiger partial charge in [-0.2, -0.15) is 0 Å². The molecule has 0 radical (unpaired) electrons. The van der Waals surface area contributed by atoms with Crippen LogP contribution in [0.5, 0.6) is 0 Å². The van der Waals surface area contributed by atoms with Gasteiger partial charge in [0.25, 0.3) is 0 Å². The van der Waals surface area contributed by atoms with Gasteiger partial charge in [-0.1, -0.05) is 13.3 Å². The van der Waals surface area contributed by atoms with E-state index in [4.69, 9.17) is 5.11 Å². The van der Waals surface area contributed by atoms with Crippen molar-refractivity contribution in [2.75, 3.05) is 5.75 Å². The fourth-order valence-corrected chi connectivity index (χ4v) is 1.88. The summed E-state index contributed by atoms with van der Waals surface area (Å²) in [6.07, 6.45) is 1.77. The predicted octanol–water partition coefficient (Wildman–Crippen LogP) is 1.40. The van der Waals surface area contributed by atoms with Crippen molar-refractivity contribution < 1.29 is 14.1 Å². The molecule has 72 valence electrons. The number of carboxylic acids is 1. The smallest absolute Gasteiger partial charge is 0.321 e. The van der Waals surface area contributed by atoms with E-state index in [1.165, 1.54) is 13.8 Å². The number of aliphatic carboxylic acids is 1. The zero-order valence-corrected chi connectivity index (χ0v) is 8.61. The number of hydrogen-bond acceptors (Lipinski definition) is 2. The Morgan fingerprint density at radius 3 is 2.33 bits per heavy atom. The Kier molecular flexibility index (Phi) is 4.45. The summed E-state index contributed by atoms with van der Waals surface area (Å²) >= 11 is 0. The summed E-state index contributed by atoms with van der Waals surface area (Å²) in [7, 11) is -1.26. The van der Waals surface area contributed by atoms with Crippen molar-refractivity contribution in [3.63, 3.8) is 0 Å². The number of carbonyl (C=O) groups is 1. The molecule has 0 spiro atoms. The maximum Gasteiger partial charge on any atom is 0.321 e. The van der Waals surface area contributed by atoms with Crippen molar-refractivity contribution in [1.82, 2.24) is 0 Å². The zero-order valence-electron chi connectivity index (χ0n) is 7.79. The quantitative estimate of drug-likeness (QED) is 0.716. The summed E-state index contributed by atoms with van der Waals surface area (Å²) in [5, 5.41) is 8.72. The zero-order chi connectivity index (χ0) is 9.78. The van der Waals surface area contributed by atoms with Gasteiger partial charge in [0.1, 0.15) is 4.75 Å². The van der Waals surface area contributed by atoms with Crippen molar-refractivity contribution in [2.45, 2.75) is 38.4 Å². The fourth-order valence-electron chi connectivity index (χ4n) is 0.628. The van der Waals surface area contributed by atoms with Crippen LogP contribution in [0.25, 0.3) is 0 Å². The molecule has 3 nitrogen and oxygen atoms in total. The Morgan fingerprint density at radius 2 is 2.00 bits per heavy atom. The third kappa shape index (κ3) is 2.93. The lowest BCUT2D eigenvalue weighted by Gasteiger charge is -2.17. The van der Waals surface area contributed by atoms with Gasteiger partial charge in [-0.05, 0) is 20.3 Å². The lowest BCUT2D eigenvalue weighted by molar-refractivity contribution is -0.139. The second-order valence-corrected chi connectivity index (χ2v) is 5.34. The molecule has 0 aromatic carbocycles. The van der Waals surface area contributed by atoms with Crippen LogP contribution in [0.2, 0.25) is 0 Å². The Balaban J connectivity index is 4.16. The Bertz CT molecular complexity index is 187. The molecule has 0 aliphatic heterocycles. The van der Waals surface area contributed by atoms with Crippen LogP contribution in [-0.4, -0.2) is 25.8 Å². The van der Waals surface area contributed by atoms with Gasteiger partial charge in [-0.15, -0.1) is 0 Å². The van der Waals surface area contributed by atoms with E-state index >= 15 is 0 Å². The summed E-state index contributed by atoms with van der Waals surface area (Å²) in [4.78, 5) is 10.6. The fraction of sp³-hybridized carbons (Fsp3) is 0.875. The van der Waals surface area contributed by atoms with E-state index in [9.17, 15) is 9.00 Å². The Labute approximate surface area is 75.6 Å². The van der Waals surface area contributed by atoms with Crippen molar-refractivity contribution >= 4 is 16.8 Å². The molecule has 0 aliphatic rings. The molecule has 0 aromatic rings. The molecule has 1 atom stereocenters. The number of unbranched alkanes of at least 4 members (excludes halogenated alkanes) is 1. The van der Waals surface area contributed by atoms with Crippen LogP contribution in [0.3, 0.4) is 0 Å². The summed E-state index contributed by atoms with van der Waals surface area (Å²) in [5.41, 5.74) is 0. The van der Waals surface area contributed by atoms with Crippen LogP contribution >= 0.6 is 0 Å². The van der Waals surface area contributed by atoms with E-state index in [0.29, 0.717) is 5.75 Å². The monoisotopic (exact) mass is 192 g/mol. The van der Waals surface area contributed by atoms with E-state index in [-0.39, 0.29) is 0 Å². The van der Waals surface area contributed by atoms with E-state index in [2.05, 4.69) is 0 Å². The van der Waals surface area contributed by atoms with Crippen LogP contribution in [-0.2, 0) is 15.6 Å². The second kappa shape index (κ2) is 4.60. The molecule has 4 heteroatoms. The van der Waals surface area contributed by atoms with E-state index in [0.717, 1.165) is 12.8 Å². The van der Waals surface area contributed by atoms with Crippen molar-refractivity contribution in [2.24, 2.45) is 0 Å². The van der Waals surface area contributed by atoms with Crippen LogP contribution in [0.15, 0.2) is 0 Å². The minimum atomic E-state index is -1.26. The molecule has 0 bridgehead atoms. The highest BCUT2D eigenvalue weighted by molar-refractivity contribution is 7.87. The van der Waals surface area contributed by atoms with Gasteiger partial charge in [0.05, 0.1) is 0 Å². The molecule has 0 heterocycles. The van der Waals surface area contributed by atoms with Crippen LogP contribution < -0.4 is 0 Å². The molecule has 1 N–H and O–H groups in total. The largest absolute Gasteiger partial charge is 0.480 e. The molecule has 0 amide bonds. The normalized spacial score (nSPS) is 14.2. The molecular weight excluding hydrogens is 176 g/mol. The maximum atomic E-state index is 11.4. The summed E-state index contributed by atoms with van der Waals surface area (Å²) in [6, 6.07) is 0. The highest BCUT2D eigenvalue weighted by Gasteiger charge is 2.33. The van der Waals surface area contributed by atoms with E-state index in [1.54, 1.807) is 0 Å². The van der Waals surface area contributed by atoms with Gasteiger partial charge >= 0.3 is 5.97 Å². The third-order valence-corrected chi connectivity index (χ3v) is 3.74. The van der Waals surface area contributed by atoms with Gasteiger partial charge in [0.2, 0.25) is 0 Å². The Morgan fingerprint density at radius 1 is 1.50 bits per heavy atom. The third-order valence-electron chi connectivity index (χ3n) is 1.77. The molecule has 1 unspecified atom stereocenters. The number of hydrogen-bond donors (Lipinski definition) is 1. The van der Waals surface area contributed by atoms with Gasteiger partial charge in [-0.3, -0.25) is 9.00 Å². The SMILES string of the molecule is CCCCS(=O)C(C)(C)C(=O)O. The van der Waals surface area contributed by atoms with Crippen molar-refractivity contribution in [3.8, 4) is 0 Å². The average Bonchev–Trinajstić information content (AvgIpc) is 1.99. The lowest BCUT2D eigenvalue weighted by Crippen LogP contribution is -2.37. The summed E-state index contributed by atoms with van der Waals surface area (Å²) < 4.78 is 10.3. The molecule has 0 rings (SSSR count). The summed E-state index contributed by atoms with van der Waals surface area (Å²) in [5.74, 6) is -0.507. The second-order valence-electron chi connectivity index (χ2n) is 3.22. The first kappa shape index (κ1) is 11.6. The molecule has 0 aromatic heterocycles. The molecule has 0 aliphatic carbocycles. The lowest BCUT2D eigenvalue weighted by atomic mass is 10.2. The number of rotatable bonds is 5. The molecule has 0 saturated carbocycles. The first-order valence-corrected chi connectivity index (χ1v) is 5.36. The first-order valence-electron chi connectivity index (χ1n) is 4.04. The maximum absolute atomic E-state index is 11.4. The van der Waals surface area contributed by atoms with Gasteiger partial charge in [-0.25, -0.2) is 0 Å². The van der Waals surface area contributed by atoms with E-state index < -0.39 is 21.5 Å². The molecule has 0 fully saturated rings. The van der Waals surface area contributed by atoms with Gasteiger partial charge in [0, 0.05) is 16.6 Å². The van der Waals surface area contributed by atoms with Gasteiger partial charge < -0.3 is 5.11 Å². The Hall–Kier alpha value is -0.380. The average molecular weight is 192 g/mol. The highest BCUT2D eigenvalue weighted by Crippen LogP contribution is 2.14. The number of carboxylic acid groups (broad SMARTS) is 1. The minimum Gasteiger partial charge on any atom is -0.480 e. The molecule has 0 saturated heterocycles. The van der Waals surface area contributed by atoms with Gasteiger partial charge in [0.15, 0.2) is 0 Å². The highest BCUT2D eigenvalue weighted by atomic mass is 32.2. The van der Waals surface area contributed by atoms with Crippen LogP contribution in [0.4, 0.5) is 0 Å². The topological polar surface area (TPSA) is 54.4 Å². The predicted molar refractivity (Wildman–Crippen MR) is 49.6 cm³/mol. The minimum absolute atomic E-state index is 0.482. The molecule has 12 heavy (non-hydrogen) atoms. The summed E-state index contributed by atoms with van der Waals surface area (Å²) in [6.45, 7) is 4.99. The van der Waals surface area contributed by atoms with Crippen LogP contribution in [0.1, 0.15) is 33.6 Å². The van der Waals surface area contributed by atoms with E-state index in [1.807, 2.05) is 6.92 Å². The van der Waals surface area contributed by atoms with Crippen LogP contribution in [0, 0.1) is 0 Å². The first-order chi connectivity index (χ1) is 5.42. The van der Waals surface area contributed by atoms with Crippen molar-refractivity contribution in [1.29, 1.82) is 0 Å².